The summed E-state index contributed by atoms with van der Waals surface area (Å²) in [6.45, 7) is 0.760. The van der Waals surface area contributed by atoms with E-state index in [1.165, 1.54) is 0 Å². The number of halogens is 1. The maximum Gasteiger partial charge on any atom is 0.258 e. The molecule has 5 nitrogen and oxygen atoms in total. The van der Waals surface area contributed by atoms with Gasteiger partial charge in [-0.2, -0.15) is 0 Å². The molecule has 1 saturated carbocycles. The van der Waals surface area contributed by atoms with E-state index < -0.39 is 0 Å². The third-order valence-corrected chi connectivity index (χ3v) is 6.72. The zero-order valence-corrected chi connectivity index (χ0v) is 16.9. The lowest BCUT2D eigenvalue weighted by Gasteiger charge is -2.24. The number of pyridine rings is 2. The Labute approximate surface area is 174 Å². The second-order valence-electron chi connectivity index (χ2n) is 8.16. The summed E-state index contributed by atoms with van der Waals surface area (Å²) in [6.07, 6.45) is 5.64. The van der Waals surface area contributed by atoms with E-state index in [1.54, 1.807) is 24.0 Å². The molecule has 0 amide bonds. The number of rotatable bonds is 2. The van der Waals surface area contributed by atoms with Gasteiger partial charge in [0.2, 0.25) is 0 Å². The number of fused-ring (bicyclic) bond motifs is 2. The summed E-state index contributed by atoms with van der Waals surface area (Å²) in [5.74, 6) is 0.820. The van der Waals surface area contributed by atoms with Crippen molar-refractivity contribution in [2.45, 2.75) is 30.8 Å². The fourth-order valence-corrected chi connectivity index (χ4v) is 5.25. The van der Waals surface area contributed by atoms with Crippen LogP contribution in [0, 0.1) is 0 Å². The molecule has 2 unspecified atom stereocenters. The Morgan fingerprint density at radius 2 is 2.03 bits per heavy atom. The van der Waals surface area contributed by atoms with Gasteiger partial charge in [0.15, 0.2) is 0 Å². The lowest BCUT2D eigenvalue weighted by atomic mass is 9.80. The van der Waals surface area contributed by atoms with E-state index in [9.17, 15) is 9.90 Å². The maximum atomic E-state index is 12.5. The van der Waals surface area contributed by atoms with Crippen LogP contribution < -0.4 is 10.9 Å². The van der Waals surface area contributed by atoms with Crippen molar-refractivity contribution in [1.82, 2.24) is 9.55 Å². The van der Waals surface area contributed by atoms with Crippen LogP contribution in [0.2, 0.25) is 5.02 Å². The zero-order chi connectivity index (χ0) is 20.2. The standard InChI is InChI=1S/C23H22ClN3O2/c1-27-9-3-6-17(22(27)29)14-4-2-5-15(10-14)18-12-25-21-19(20(18)24)23(13-26-21)8-7-16(28)11-23/h2-6,9-10,12,16,28H,7-8,11,13H2,1H3,(H,25,26). The molecule has 148 valence electrons. The lowest BCUT2D eigenvalue weighted by molar-refractivity contribution is 0.175. The number of aliphatic hydroxyl groups is 1. The van der Waals surface area contributed by atoms with Crippen molar-refractivity contribution >= 4 is 17.4 Å². The summed E-state index contributed by atoms with van der Waals surface area (Å²) in [7, 11) is 1.75. The number of benzene rings is 1. The van der Waals surface area contributed by atoms with Crippen molar-refractivity contribution in [3.8, 4) is 22.3 Å². The second-order valence-corrected chi connectivity index (χ2v) is 8.54. The van der Waals surface area contributed by atoms with E-state index in [0.717, 1.165) is 47.5 Å². The molecule has 2 aromatic heterocycles. The van der Waals surface area contributed by atoms with E-state index >= 15 is 0 Å². The molecule has 2 aliphatic rings. The molecule has 1 aliphatic carbocycles. The van der Waals surface area contributed by atoms with Gasteiger partial charge in [-0.05, 0) is 48.6 Å². The fraction of sp³-hybridized carbons (Fsp3) is 0.304. The third kappa shape index (κ3) is 2.88. The first-order valence-corrected chi connectivity index (χ1v) is 10.2. The molecule has 6 heteroatoms. The largest absolute Gasteiger partial charge is 0.393 e. The predicted molar refractivity (Wildman–Crippen MR) is 115 cm³/mol. The van der Waals surface area contributed by atoms with E-state index in [4.69, 9.17) is 11.6 Å². The number of anilines is 1. The number of aliphatic hydroxyl groups excluding tert-OH is 1. The normalized spacial score (nSPS) is 22.7. The van der Waals surface area contributed by atoms with E-state index in [-0.39, 0.29) is 17.1 Å². The molecule has 0 saturated heterocycles. The van der Waals surface area contributed by atoms with Crippen molar-refractivity contribution in [3.63, 3.8) is 0 Å². The Bertz CT molecular complexity index is 1170. The Balaban J connectivity index is 1.63. The number of hydrogen-bond donors (Lipinski definition) is 2. The van der Waals surface area contributed by atoms with Gasteiger partial charge in [0.05, 0.1) is 11.1 Å². The summed E-state index contributed by atoms with van der Waals surface area (Å²) in [6, 6.07) is 11.6. The van der Waals surface area contributed by atoms with Crippen molar-refractivity contribution in [2.75, 3.05) is 11.9 Å². The molecule has 3 heterocycles. The van der Waals surface area contributed by atoms with E-state index in [1.807, 2.05) is 36.4 Å². The number of nitrogens with one attached hydrogen (secondary N) is 1. The zero-order valence-electron chi connectivity index (χ0n) is 16.2. The highest BCUT2D eigenvalue weighted by atomic mass is 35.5. The van der Waals surface area contributed by atoms with Gasteiger partial charge in [-0.25, -0.2) is 4.98 Å². The van der Waals surface area contributed by atoms with Gasteiger partial charge in [0.1, 0.15) is 5.82 Å². The maximum absolute atomic E-state index is 12.5. The van der Waals surface area contributed by atoms with Gasteiger partial charge in [0, 0.05) is 48.1 Å². The minimum Gasteiger partial charge on any atom is -0.393 e. The van der Waals surface area contributed by atoms with Crippen molar-refractivity contribution in [1.29, 1.82) is 0 Å². The van der Waals surface area contributed by atoms with Crippen LogP contribution in [-0.2, 0) is 12.5 Å². The van der Waals surface area contributed by atoms with Gasteiger partial charge >= 0.3 is 0 Å². The predicted octanol–water partition coefficient (Wildman–Crippen LogP) is 3.98. The summed E-state index contributed by atoms with van der Waals surface area (Å²) < 4.78 is 1.58. The molecule has 29 heavy (non-hydrogen) atoms. The summed E-state index contributed by atoms with van der Waals surface area (Å²) in [5.41, 5.74) is 4.12. The Morgan fingerprint density at radius 1 is 1.24 bits per heavy atom. The van der Waals surface area contributed by atoms with Gasteiger partial charge in [-0.3, -0.25) is 4.79 Å². The van der Waals surface area contributed by atoms with Crippen LogP contribution in [0.4, 0.5) is 5.82 Å². The van der Waals surface area contributed by atoms with Crippen molar-refractivity contribution in [2.24, 2.45) is 7.05 Å². The van der Waals surface area contributed by atoms with Crippen LogP contribution in [0.5, 0.6) is 0 Å². The fourth-order valence-electron chi connectivity index (χ4n) is 4.81. The Hall–Kier alpha value is -2.63. The molecule has 1 fully saturated rings. The van der Waals surface area contributed by atoms with Crippen molar-refractivity contribution < 1.29 is 5.11 Å². The smallest absolute Gasteiger partial charge is 0.258 e. The molecular formula is C23H22ClN3O2. The lowest BCUT2D eigenvalue weighted by Crippen LogP contribution is -2.26. The molecular weight excluding hydrogens is 386 g/mol. The van der Waals surface area contributed by atoms with E-state index in [2.05, 4.69) is 10.3 Å². The minimum atomic E-state index is -0.292. The molecule has 3 aromatic rings. The highest BCUT2D eigenvalue weighted by Crippen LogP contribution is 2.51. The Kier molecular flexibility index (Phi) is 4.26. The number of aryl methyl sites for hydroxylation is 1. The average molecular weight is 408 g/mol. The van der Waals surface area contributed by atoms with Crippen LogP contribution in [0.1, 0.15) is 24.8 Å². The van der Waals surface area contributed by atoms with E-state index in [0.29, 0.717) is 17.0 Å². The first-order valence-electron chi connectivity index (χ1n) is 9.86. The number of hydrogen-bond acceptors (Lipinski definition) is 4. The summed E-state index contributed by atoms with van der Waals surface area (Å²) >= 11 is 6.93. The van der Waals surface area contributed by atoms with Crippen LogP contribution in [0.3, 0.4) is 0 Å². The molecule has 1 spiro atoms. The monoisotopic (exact) mass is 407 g/mol. The minimum absolute atomic E-state index is 0.0362. The highest BCUT2D eigenvalue weighted by molar-refractivity contribution is 6.34. The first kappa shape index (κ1) is 18.4. The van der Waals surface area contributed by atoms with Gasteiger partial charge in [-0.1, -0.05) is 29.8 Å². The van der Waals surface area contributed by atoms with Crippen LogP contribution in [-0.4, -0.2) is 27.3 Å². The third-order valence-electron chi connectivity index (χ3n) is 6.33. The molecule has 0 radical (unpaired) electrons. The van der Waals surface area contributed by atoms with Crippen LogP contribution >= 0.6 is 11.6 Å². The number of aromatic nitrogens is 2. The molecule has 0 bridgehead atoms. The quantitative estimate of drug-likeness (QED) is 0.674. The molecule has 1 aliphatic heterocycles. The van der Waals surface area contributed by atoms with Crippen LogP contribution in [0.15, 0.2) is 53.6 Å². The topological polar surface area (TPSA) is 67.2 Å². The van der Waals surface area contributed by atoms with Crippen LogP contribution in [0.25, 0.3) is 22.3 Å². The number of nitrogens with zero attached hydrogens (tertiary/aromatic N) is 2. The molecule has 1 aromatic carbocycles. The summed E-state index contributed by atoms with van der Waals surface area (Å²) in [5, 5.41) is 14.2. The first-order chi connectivity index (χ1) is 14.0. The molecule has 2 atom stereocenters. The Morgan fingerprint density at radius 3 is 2.79 bits per heavy atom. The average Bonchev–Trinajstić information content (AvgIpc) is 3.28. The SMILES string of the molecule is Cn1cccc(-c2cccc(-c3cnc4c(c3Cl)C3(CCC(O)C3)CN4)c2)c1=O. The van der Waals surface area contributed by atoms with Gasteiger partial charge in [0.25, 0.3) is 5.56 Å². The summed E-state index contributed by atoms with van der Waals surface area (Å²) in [4.78, 5) is 17.2. The molecule has 2 N–H and O–H groups in total. The van der Waals surface area contributed by atoms with Crippen molar-refractivity contribution in [3.05, 3.63) is 69.7 Å². The second kappa shape index (κ2) is 6.71. The molecule has 5 rings (SSSR count). The van der Waals surface area contributed by atoms with Gasteiger partial charge < -0.3 is 15.0 Å². The van der Waals surface area contributed by atoms with Gasteiger partial charge in [-0.15, -0.1) is 0 Å². The highest BCUT2D eigenvalue weighted by Gasteiger charge is 2.47.